The molecule has 4 rings (SSSR count). The van der Waals surface area contributed by atoms with Crippen LogP contribution in [0.5, 0.6) is 0 Å². The van der Waals surface area contributed by atoms with Gasteiger partial charge in [0.25, 0.3) is 5.56 Å². The number of aromatic nitrogens is 5. The molecule has 1 aliphatic rings. The first kappa shape index (κ1) is 20.4. The molecule has 3 aromatic rings. The SMILES string of the molecule is Cc1noc(C)c1S(=O)(=O)N1CCN(CCn2nc(-n3cccn3)ccc2=O)CC1. The van der Waals surface area contributed by atoms with Crippen LogP contribution in [0.1, 0.15) is 11.5 Å². The van der Waals surface area contributed by atoms with Crippen LogP contribution in [0.4, 0.5) is 0 Å². The van der Waals surface area contributed by atoms with Gasteiger partial charge in [-0.2, -0.15) is 9.40 Å². The lowest BCUT2D eigenvalue weighted by atomic mass is 10.3. The largest absolute Gasteiger partial charge is 0.360 e. The standard InChI is InChI=1S/C18H23N7O4S/c1-14-18(15(2)29-21-14)30(27,28)23-11-8-22(9-12-23)10-13-25-17(26)5-4-16(20-25)24-7-3-6-19-24/h3-7H,8-13H2,1-2H3. The molecule has 0 saturated carbocycles. The van der Waals surface area contributed by atoms with Crippen molar-refractivity contribution in [2.45, 2.75) is 25.3 Å². The van der Waals surface area contributed by atoms with Gasteiger partial charge in [-0.1, -0.05) is 5.16 Å². The first-order valence-corrected chi connectivity index (χ1v) is 11.0. The second-order valence-corrected chi connectivity index (χ2v) is 8.98. The predicted octanol–water partition coefficient (Wildman–Crippen LogP) is 0.0403. The summed E-state index contributed by atoms with van der Waals surface area (Å²) in [4.78, 5) is 14.4. The maximum atomic E-state index is 12.9. The van der Waals surface area contributed by atoms with Gasteiger partial charge in [-0.3, -0.25) is 9.69 Å². The Labute approximate surface area is 173 Å². The predicted molar refractivity (Wildman–Crippen MR) is 107 cm³/mol. The van der Waals surface area contributed by atoms with Gasteiger partial charge in [0, 0.05) is 51.2 Å². The van der Waals surface area contributed by atoms with E-state index in [1.807, 2.05) is 0 Å². The Kier molecular flexibility index (Phi) is 5.54. The minimum absolute atomic E-state index is 0.155. The lowest BCUT2D eigenvalue weighted by molar-refractivity contribution is 0.180. The van der Waals surface area contributed by atoms with Gasteiger partial charge in [-0.05, 0) is 26.0 Å². The van der Waals surface area contributed by atoms with Gasteiger partial charge in [0.2, 0.25) is 10.0 Å². The lowest BCUT2D eigenvalue weighted by Crippen LogP contribution is -2.49. The van der Waals surface area contributed by atoms with E-state index in [1.165, 1.54) is 15.1 Å². The van der Waals surface area contributed by atoms with E-state index in [-0.39, 0.29) is 10.5 Å². The lowest BCUT2D eigenvalue weighted by Gasteiger charge is -2.33. The molecule has 0 aromatic carbocycles. The third kappa shape index (κ3) is 3.93. The highest BCUT2D eigenvalue weighted by molar-refractivity contribution is 7.89. The summed E-state index contributed by atoms with van der Waals surface area (Å²) in [6, 6.07) is 4.88. The Morgan fingerprint density at radius 3 is 2.50 bits per heavy atom. The first-order chi connectivity index (χ1) is 14.4. The minimum atomic E-state index is -3.63. The van der Waals surface area contributed by atoms with E-state index < -0.39 is 10.0 Å². The topological polar surface area (TPSA) is 119 Å². The number of nitrogens with zero attached hydrogens (tertiary/aromatic N) is 7. The number of hydrogen-bond donors (Lipinski definition) is 0. The molecule has 1 saturated heterocycles. The van der Waals surface area contributed by atoms with Gasteiger partial charge < -0.3 is 4.52 Å². The molecule has 4 heterocycles. The van der Waals surface area contributed by atoms with Crippen molar-refractivity contribution < 1.29 is 12.9 Å². The van der Waals surface area contributed by atoms with Crippen LogP contribution < -0.4 is 5.56 Å². The van der Waals surface area contributed by atoms with E-state index in [4.69, 9.17) is 4.52 Å². The fraction of sp³-hybridized carbons (Fsp3) is 0.444. The van der Waals surface area contributed by atoms with Gasteiger partial charge in [-0.15, -0.1) is 5.10 Å². The Hall–Kier alpha value is -2.83. The summed E-state index contributed by atoms with van der Waals surface area (Å²) in [5.41, 5.74) is 0.183. The van der Waals surface area contributed by atoms with Crippen LogP contribution in [0.15, 0.2) is 44.8 Å². The maximum absolute atomic E-state index is 12.9. The Morgan fingerprint density at radius 2 is 1.87 bits per heavy atom. The van der Waals surface area contributed by atoms with Gasteiger partial charge in [-0.25, -0.2) is 17.8 Å². The number of rotatable bonds is 6. The second-order valence-electron chi connectivity index (χ2n) is 7.10. The van der Waals surface area contributed by atoms with Crippen LogP contribution in [0, 0.1) is 13.8 Å². The third-order valence-corrected chi connectivity index (χ3v) is 7.26. The summed E-state index contributed by atoms with van der Waals surface area (Å²) in [5.74, 6) is 0.868. The number of piperazine rings is 1. The fourth-order valence-electron chi connectivity index (χ4n) is 3.53. The molecule has 12 heteroatoms. The molecule has 160 valence electrons. The van der Waals surface area contributed by atoms with E-state index in [0.717, 1.165) is 0 Å². The highest BCUT2D eigenvalue weighted by atomic mass is 32.2. The molecule has 0 spiro atoms. The summed E-state index contributed by atoms with van der Waals surface area (Å²) in [6.45, 7) is 6.09. The van der Waals surface area contributed by atoms with Crippen LogP contribution >= 0.6 is 0 Å². The van der Waals surface area contributed by atoms with E-state index in [9.17, 15) is 13.2 Å². The van der Waals surface area contributed by atoms with Gasteiger partial charge in [0.15, 0.2) is 11.6 Å². The number of sulfonamides is 1. The van der Waals surface area contributed by atoms with Crippen molar-refractivity contribution in [2.75, 3.05) is 32.7 Å². The van der Waals surface area contributed by atoms with Crippen molar-refractivity contribution in [1.82, 2.24) is 33.9 Å². The Balaban J connectivity index is 1.38. The van der Waals surface area contributed by atoms with E-state index >= 15 is 0 Å². The third-order valence-electron chi connectivity index (χ3n) is 5.12. The summed E-state index contributed by atoms with van der Waals surface area (Å²) >= 11 is 0. The molecule has 0 amide bonds. The molecule has 1 fully saturated rings. The highest BCUT2D eigenvalue weighted by Crippen LogP contribution is 2.24. The van der Waals surface area contributed by atoms with Crippen LogP contribution in [0.3, 0.4) is 0 Å². The highest BCUT2D eigenvalue weighted by Gasteiger charge is 2.33. The summed E-state index contributed by atoms with van der Waals surface area (Å²) in [7, 11) is -3.63. The molecule has 0 N–H and O–H groups in total. The van der Waals surface area contributed by atoms with E-state index in [1.54, 1.807) is 43.1 Å². The number of hydrogen-bond acceptors (Lipinski definition) is 8. The van der Waals surface area contributed by atoms with Crippen LogP contribution in [0.2, 0.25) is 0 Å². The Bertz CT molecular complexity index is 1160. The molecule has 1 aliphatic heterocycles. The minimum Gasteiger partial charge on any atom is -0.360 e. The van der Waals surface area contributed by atoms with Crippen molar-refractivity contribution in [3.63, 3.8) is 0 Å². The van der Waals surface area contributed by atoms with Gasteiger partial charge in [0.1, 0.15) is 10.6 Å². The zero-order chi connectivity index (χ0) is 21.3. The van der Waals surface area contributed by atoms with E-state index in [0.29, 0.717) is 56.5 Å². The molecule has 3 aromatic heterocycles. The summed E-state index contributed by atoms with van der Waals surface area (Å²) < 4.78 is 35.3. The summed E-state index contributed by atoms with van der Waals surface area (Å²) in [6.07, 6.45) is 3.41. The molecular formula is C18H23N7O4S. The van der Waals surface area contributed by atoms with Gasteiger partial charge >= 0.3 is 0 Å². The summed E-state index contributed by atoms with van der Waals surface area (Å²) in [5, 5.41) is 12.2. The van der Waals surface area contributed by atoms with Gasteiger partial charge in [0.05, 0.1) is 6.54 Å². The van der Waals surface area contributed by atoms with Crippen molar-refractivity contribution in [3.8, 4) is 5.82 Å². The van der Waals surface area contributed by atoms with Crippen LogP contribution in [0.25, 0.3) is 5.82 Å². The maximum Gasteiger partial charge on any atom is 0.266 e. The van der Waals surface area contributed by atoms with Crippen LogP contribution in [-0.4, -0.2) is 75.1 Å². The molecule has 30 heavy (non-hydrogen) atoms. The average molecular weight is 433 g/mol. The molecule has 0 radical (unpaired) electrons. The quantitative estimate of drug-likeness (QED) is 0.535. The zero-order valence-corrected chi connectivity index (χ0v) is 17.6. The first-order valence-electron chi connectivity index (χ1n) is 9.60. The van der Waals surface area contributed by atoms with Crippen molar-refractivity contribution in [2.24, 2.45) is 0 Å². The van der Waals surface area contributed by atoms with Crippen molar-refractivity contribution in [3.05, 3.63) is 52.4 Å². The molecule has 0 atom stereocenters. The molecule has 11 nitrogen and oxygen atoms in total. The fourth-order valence-corrected chi connectivity index (χ4v) is 5.24. The molecule has 0 bridgehead atoms. The molecule has 0 aliphatic carbocycles. The monoisotopic (exact) mass is 433 g/mol. The second kappa shape index (κ2) is 8.13. The smallest absolute Gasteiger partial charge is 0.266 e. The average Bonchev–Trinajstić information content (AvgIpc) is 3.38. The molecular weight excluding hydrogens is 410 g/mol. The van der Waals surface area contributed by atoms with E-state index in [2.05, 4.69) is 20.3 Å². The van der Waals surface area contributed by atoms with Crippen molar-refractivity contribution in [1.29, 1.82) is 0 Å². The number of aryl methyl sites for hydroxylation is 2. The normalized spacial score (nSPS) is 16.2. The zero-order valence-electron chi connectivity index (χ0n) is 16.8. The Morgan fingerprint density at radius 1 is 1.10 bits per heavy atom. The van der Waals surface area contributed by atoms with Crippen molar-refractivity contribution >= 4 is 10.0 Å². The van der Waals surface area contributed by atoms with Crippen LogP contribution in [-0.2, 0) is 16.6 Å². The molecule has 0 unspecified atom stereocenters.